The molecule has 0 saturated heterocycles. The number of benzene rings is 1. The fourth-order valence-electron chi connectivity index (χ4n) is 1.94. The van der Waals surface area contributed by atoms with Crippen LogP contribution in [0.4, 0.5) is 5.69 Å². The van der Waals surface area contributed by atoms with E-state index in [9.17, 15) is 4.79 Å². The third kappa shape index (κ3) is 3.93. The van der Waals surface area contributed by atoms with Gasteiger partial charge in [0.1, 0.15) is 0 Å². The maximum Gasteiger partial charge on any atom is 0.286 e. The Bertz CT molecular complexity index is 854. The van der Waals surface area contributed by atoms with Crippen LogP contribution in [0.1, 0.15) is 5.56 Å². The summed E-state index contributed by atoms with van der Waals surface area (Å²) >= 11 is 7.20. The number of aromatic nitrogens is 3. The van der Waals surface area contributed by atoms with Crippen molar-refractivity contribution in [3.8, 4) is 11.4 Å². The topological polar surface area (TPSA) is 80.9 Å². The fraction of sp³-hybridized carbons (Fsp3) is 0.125. The summed E-state index contributed by atoms with van der Waals surface area (Å²) < 4.78 is 5.14. The van der Waals surface area contributed by atoms with Gasteiger partial charge in [0.15, 0.2) is 0 Å². The molecular weight excluding hydrogens is 348 g/mol. The van der Waals surface area contributed by atoms with Crippen molar-refractivity contribution >= 4 is 35.0 Å². The molecule has 0 bridgehead atoms. The van der Waals surface area contributed by atoms with E-state index >= 15 is 0 Å². The first kappa shape index (κ1) is 16.5. The van der Waals surface area contributed by atoms with E-state index in [1.807, 2.05) is 13.0 Å². The lowest BCUT2D eigenvalue weighted by atomic mass is 10.2. The van der Waals surface area contributed by atoms with Crippen LogP contribution in [-0.4, -0.2) is 26.8 Å². The Morgan fingerprint density at radius 1 is 1.33 bits per heavy atom. The second-order valence-electron chi connectivity index (χ2n) is 4.87. The summed E-state index contributed by atoms with van der Waals surface area (Å²) in [5, 5.41) is 7.63. The highest BCUT2D eigenvalue weighted by Gasteiger charge is 2.12. The van der Waals surface area contributed by atoms with Gasteiger partial charge in [-0.1, -0.05) is 34.6 Å². The Hall–Kier alpha value is -2.38. The summed E-state index contributed by atoms with van der Waals surface area (Å²) in [6, 6.07) is 8.99. The van der Waals surface area contributed by atoms with Gasteiger partial charge in [-0.25, -0.2) is 0 Å². The van der Waals surface area contributed by atoms with Crippen molar-refractivity contribution < 1.29 is 9.32 Å². The lowest BCUT2D eigenvalue weighted by Crippen LogP contribution is -2.14. The SMILES string of the molecule is Cc1c(Cl)cccc1NC(=O)CSc1nc(-c2cccnc2)no1. The molecule has 0 radical (unpaired) electrons. The van der Waals surface area contributed by atoms with Crippen molar-refractivity contribution in [2.45, 2.75) is 12.1 Å². The predicted molar refractivity (Wildman–Crippen MR) is 93.1 cm³/mol. The summed E-state index contributed by atoms with van der Waals surface area (Å²) in [4.78, 5) is 20.3. The van der Waals surface area contributed by atoms with Gasteiger partial charge in [-0.2, -0.15) is 4.98 Å². The maximum absolute atomic E-state index is 12.1. The van der Waals surface area contributed by atoms with Gasteiger partial charge in [0.2, 0.25) is 11.7 Å². The zero-order valence-corrected chi connectivity index (χ0v) is 14.3. The summed E-state index contributed by atoms with van der Waals surface area (Å²) in [5.41, 5.74) is 2.27. The molecule has 1 aromatic carbocycles. The first-order valence-corrected chi connectivity index (χ1v) is 8.41. The molecule has 0 unspecified atom stereocenters. The predicted octanol–water partition coefficient (Wildman–Crippen LogP) is 3.82. The Labute approximate surface area is 147 Å². The van der Waals surface area contributed by atoms with Crippen molar-refractivity contribution in [3.63, 3.8) is 0 Å². The van der Waals surface area contributed by atoms with Crippen molar-refractivity contribution in [1.29, 1.82) is 0 Å². The standard InChI is InChI=1S/C16H13ClN4O2S/c1-10-12(17)5-2-6-13(10)19-14(22)9-24-16-20-15(21-23-16)11-4-3-7-18-8-11/h2-8H,9H2,1H3,(H,19,22). The van der Waals surface area contributed by atoms with E-state index in [2.05, 4.69) is 20.4 Å². The molecule has 0 atom stereocenters. The molecule has 8 heteroatoms. The number of carbonyl (C=O) groups excluding carboxylic acids is 1. The molecule has 3 rings (SSSR count). The number of anilines is 1. The molecule has 0 aliphatic carbocycles. The molecule has 2 aromatic heterocycles. The minimum atomic E-state index is -0.175. The van der Waals surface area contributed by atoms with E-state index in [0.717, 1.165) is 11.1 Å². The molecule has 1 N–H and O–H groups in total. The maximum atomic E-state index is 12.1. The van der Waals surface area contributed by atoms with Crippen molar-refractivity contribution in [2.75, 3.05) is 11.1 Å². The van der Waals surface area contributed by atoms with Gasteiger partial charge in [0.25, 0.3) is 5.22 Å². The van der Waals surface area contributed by atoms with Gasteiger partial charge in [-0.05, 0) is 36.8 Å². The lowest BCUT2D eigenvalue weighted by molar-refractivity contribution is -0.113. The lowest BCUT2D eigenvalue weighted by Gasteiger charge is -2.08. The Balaban J connectivity index is 1.59. The number of thioether (sulfide) groups is 1. The van der Waals surface area contributed by atoms with Crippen LogP contribution in [0.15, 0.2) is 52.5 Å². The van der Waals surface area contributed by atoms with E-state index in [4.69, 9.17) is 16.1 Å². The van der Waals surface area contributed by atoms with E-state index in [-0.39, 0.29) is 11.7 Å². The number of nitrogens with one attached hydrogen (secondary N) is 1. The third-order valence-electron chi connectivity index (χ3n) is 3.20. The Morgan fingerprint density at radius 3 is 3.00 bits per heavy atom. The number of amides is 1. The second kappa shape index (κ2) is 7.46. The summed E-state index contributed by atoms with van der Waals surface area (Å²) in [5.74, 6) is 0.420. The smallest absolute Gasteiger partial charge is 0.286 e. The van der Waals surface area contributed by atoms with Crippen LogP contribution in [0.2, 0.25) is 5.02 Å². The highest BCUT2D eigenvalue weighted by molar-refractivity contribution is 7.99. The number of pyridine rings is 1. The first-order valence-electron chi connectivity index (χ1n) is 7.05. The van der Waals surface area contributed by atoms with E-state index in [1.54, 1.807) is 36.7 Å². The molecule has 6 nitrogen and oxygen atoms in total. The minimum Gasteiger partial charge on any atom is -0.327 e. The van der Waals surface area contributed by atoms with Gasteiger partial charge >= 0.3 is 0 Å². The van der Waals surface area contributed by atoms with Gasteiger partial charge in [0, 0.05) is 28.7 Å². The van der Waals surface area contributed by atoms with Gasteiger partial charge < -0.3 is 9.84 Å². The van der Waals surface area contributed by atoms with Crippen LogP contribution >= 0.6 is 23.4 Å². The van der Waals surface area contributed by atoms with Crippen LogP contribution in [0, 0.1) is 6.92 Å². The molecule has 122 valence electrons. The average molecular weight is 361 g/mol. The molecular formula is C16H13ClN4O2S. The van der Waals surface area contributed by atoms with Crippen LogP contribution in [0.5, 0.6) is 0 Å². The highest BCUT2D eigenvalue weighted by atomic mass is 35.5. The number of halogens is 1. The molecule has 2 heterocycles. The average Bonchev–Trinajstić information content (AvgIpc) is 3.07. The van der Waals surface area contributed by atoms with Crippen molar-refractivity contribution in [2.24, 2.45) is 0 Å². The Morgan fingerprint density at radius 2 is 2.21 bits per heavy atom. The van der Waals surface area contributed by atoms with E-state index < -0.39 is 0 Å². The normalized spacial score (nSPS) is 10.6. The van der Waals surface area contributed by atoms with Gasteiger partial charge in [0.05, 0.1) is 5.75 Å². The number of carbonyl (C=O) groups is 1. The monoisotopic (exact) mass is 360 g/mol. The van der Waals surface area contributed by atoms with Gasteiger partial charge in [-0.15, -0.1) is 0 Å². The van der Waals surface area contributed by atoms with Crippen LogP contribution < -0.4 is 5.32 Å². The summed E-state index contributed by atoms with van der Waals surface area (Å²) in [6.45, 7) is 1.85. The van der Waals surface area contributed by atoms with E-state index in [1.165, 1.54) is 11.8 Å². The molecule has 1 amide bonds. The molecule has 0 spiro atoms. The molecule has 24 heavy (non-hydrogen) atoms. The zero-order valence-electron chi connectivity index (χ0n) is 12.7. The van der Waals surface area contributed by atoms with Crippen LogP contribution in [-0.2, 0) is 4.79 Å². The van der Waals surface area contributed by atoms with Crippen molar-refractivity contribution in [3.05, 3.63) is 53.3 Å². The largest absolute Gasteiger partial charge is 0.327 e. The van der Waals surface area contributed by atoms with E-state index in [0.29, 0.717) is 21.8 Å². The number of hydrogen-bond acceptors (Lipinski definition) is 6. The van der Waals surface area contributed by atoms with Crippen LogP contribution in [0.25, 0.3) is 11.4 Å². The third-order valence-corrected chi connectivity index (χ3v) is 4.42. The fourth-order valence-corrected chi connectivity index (χ4v) is 2.68. The van der Waals surface area contributed by atoms with Crippen molar-refractivity contribution in [1.82, 2.24) is 15.1 Å². The number of hydrogen-bond donors (Lipinski definition) is 1. The molecule has 0 saturated carbocycles. The minimum absolute atomic E-state index is 0.153. The highest BCUT2D eigenvalue weighted by Crippen LogP contribution is 2.24. The second-order valence-corrected chi connectivity index (χ2v) is 6.21. The molecule has 0 aliphatic rings. The molecule has 0 fully saturated rings. The quantitative estimate of drug-likeness (QED) is 0.696. The van der Waals surface area contributed by atoms with Gasteiger partial charge in [-0.3, -0.25) is 9.78 Å². The Kier molecular flexibility index (Phi) is 5.12. The first-order chi connectivity index (χ1) is 11.6. The molecule has 3 aromatic rings. The summed E-state index contributed by atoms with van der Waals surface area (Å²) in [7, 11) is 0. The summed E-state index contributed by atoms with van der Waals surface area (Å²) in [6.07, 6.45) is 3.31. The molecule has 0 aliphatic heterocycles. The number of nitrogens with zero attached hydrogens (tertiary/aromatic N) is 3. The zero-order chi connectivity index (χ0) is 16.9. The number of rotatable bonds is 5. The van der Waals surface area contributed by atoms with Crippen LogP contribution in [0.3, 0.4) is 0 Å².